The third-order valence-electron chi connectivity index (χ3n) is 3.09. The fraction of sp³-hybridized carbons (Fsp3) is 0.250. The van der Waals surface area contributed by atoms with Crippen LogP contribution in [0.5, 0.6) is 11.5 Å². The van der Waals surface area contributed by atoms with E-state index >= 15 is 0 Å². The first kappa shape index (κ1) is 12.5. The Morgan fingerprint density at radius 1 is 0.778 bits per heavy atom. The maximum Gasteiger partial charge on any atom is 0.126 e. The smallest absolute Gasteiger partial charge is 0.126 e. The molecule has 0 aromatic heterocycles. The third kappa shape index (κ3) is 2.33. The standard InChI is InChI=1S/C16H18O2/c1-11-5-8-16(18-4)15(9-11)14-10-13(17-3)7-6-12(14)2/h5-10H,1-4H3. The average molecular weight is 242 g/mol. The van der Waals surface area contributed by atoms with Gasteiger partial charge in [0.05, 0.1) is 14.2 Å². The lowest BCUT2D eigenvalue weighted by Gasteiger charge is -2.13. The molecule has 0 bridgehead atoms. The van der Waals surface area contributed by atoms with E-state index in [1.165, 1.54) is 11.1 Å². The van der Waals surface area contributed by atoms with E-state index in [1.807, 2.05) is 18.2 Å². The Hall–Kier alpha value is -1.96. The summed E-state index contributed by atoms with van der Waals surface area (Å²) < 4.78 is 10.7. The summed E-state index contributed by atoms with van der Waals surface area (Å²) >= 11 is 0. The van der Waals surface area contributed by atoms with Gasteiger partial charge in [0.25, 0.3) is 0 Å². The van der Waals surface area contributed by atoms with Crippen molar-refractivity contribution < 1.29 is 9.47 Å². The van der Waals surface area contributed by atoms with Crippen LogP contribution in [0.4, 0.5) is 0 Å². The lowest BCUT2D eigenvalue weighted by molar-refractivity contribution is 0.413. The Labute approximate surface area is 108 Å². The molecule has 0 spiro atoms. The fourth-order valence-corrected chi connectivity index (χ4v) is 2.05. The number of methoxy groups -OCH3 is 2. The summed E-state index contributed by atoms with van der Waals surface area (Å²) in [5.41, 5.74) is 4.68. The molecule has 2 rings (SSSR count). The van der Waals surface area contributed by atoms with Gasteiger partial charge in [-0.15, -0.1) is 0 Å². The molecule has 18 heavy (non-hydrogen) atoms. The molecule has 0 aliphatic rings. The second-order valence-corrected chi connectivity index (χ2v) is 4.38. The van der Waals surface area contributed by atoms with Crippen molar-refractivity contribution in [1.82, 2.24) is 0 Å². The number of hydrogen-bond donors (Lipinski definition) is 0. The fourth-order valence-electron chi connectivity index (χ4n) is 2.05. The van der Waals surface area contributed by atoms with Crippen LogP contribution in [-0.4, -0.2) is 14.2 Å². The minimum Gasteiger partial charge on any atom is -0.497 e. The van der Waals surface area contributed by atoms with Crippen molar-refractivity contribution in [2.45, 2.75) is 13.8 Å². The van der Waals surface area contributed by atoms with Crippen molar-refractivity contribution in [1.29, 1.82) is 0 Å². The van der Waals surface area contributed by atoms with E-state index in [-0.39, 0.29) is 0 Å². The number of ether oxygens (including phenoxy) is 2. The Morgan fingerprint density at radius 2 is 1.56 bits per heavy atom. The lowest BCUT2D eigenvalue weighted by atomic mass is 9.98. The Morgan fingerprint density at radius 3 is 2.22 bits per heavy atom. The summed E-state index contributed by atoms with van der Waals surface area (Å²) in [7, 11) is 3.38. The van der Waals surface area contributed by atoms with Gasteiger partial charge in [-0.25, -0.2) is 0 Å². The zero-order chi connectivity index (χ0) is 13.1. The Balaban J connectivity index is 2.63. The second kappa shape index (κ2) is 5.13. The summed E-state index contributed by atoms with van der Waals surface area (Å²) in [6.07, 6.45) is 0. The maximum absolute atomic E-state index is 5.44. The number of benzene rings is 2. The van der Waals surface area contributed by atoms with Gasteiger partial charge in [0, 0.05) is 5.56 Å². The third-order valence-corrected chi connectivity index (χ3v) is 3.09. The van der Waals surface area contributed by atoms with Crippen molar-refractivity contribution in [2.75, 3.05) is 14.2 Å². The van der Waals surface area contributed by atoms with Crippen LogP contribution in [0.2, 0.25) is 0 Å². The summed E-state index contributed by atoms with van der Waals surface area (Å²) in [6, 6.07) is 12.3. The molecule has 0 radical (unpaired) electrons. The molecule has 0 aliphatic heterocycles. The van der Waals surface area contributed by atoms with Crippen LogP contribution in [0.15, 0.2) is 36.4 Å². The average Bonchev–Trinajstić information content (AvgIpc) is 2.39. The summed E-state index contributed by atoms with van der Waals surface area (Å²) in [6.45, 7) is 4.18. The quantitative estimate of drug-likeness (QED) is 0.810. The van der Waals surface area contributed by atoms with E-state index in [0.717, 1.165) is 22.6 Å². The van der Waals surface area contributed by atoms with Crippen molar-refractivity contribution in [3.8, 4) is 22.6 Å². The maximum atomic E-state index is 5.44. The zero-order valence-electron chi connectivity index (χ0n) is 11.3. The van der Waals surface area contributed by atoms with Gasteiger partial charge in [-0.3, -0.25) is 0 Å². The first-order valence-electron chi connectivity index (χ1n) is 5.95. The molecular weight excluding hydrogens is 224 g/mol. The largest absolute Gasteiger partial charge is 0.497 e. The predicted molar refractivity (Wildman–Crippen MR) is 74.5 cm³/mol. The Kier molecular flexibility index (Phi) is 3.56. The van der Waals surface area contributed by atoms with Crippen LogP contribution in [0, 0.1) is 13.8 Å². The zero-order valence-corrected chi connectivity index (χ0v) is 11.3. The normalized spacial score (nSPS) is 10.2. The van der Waals surface area contributed by atoms with Crippen LogP contribution in [0.3, 0.4) is 0 Å². The predicted octanol–water partition coefficient (Wildman–Crippen LogP) is 3.99. The van der Waals surface area contributed by atoms with Crippen LogP contribution in [0.25, 0.3) is 11.1 Å². The lowest BCUT2D eigenvalue weighted by Crippen LogP contribution is -1.92. The molecule has 2 heteroatoms. The van der Waals surface area contributed by atoms with Crippen LogP contribution >= 0.6 is 0 Å². The van der Waals surface area contributed by atoms with Gasteiger partial charge < -0.3 is 9.47 Å². The molecule has 0 saturated heterocycles. The molecule has 94 valence electrons. The van der Waals surface area contributed by atoms with E-state index in [1.54, 1.807) is 14.2 Å². The summed E-state index contributed by atoms with van der Waals surface area (Å²) in [4.78, 5) is 0. The molecule has 0 N–H and O–H groups in total. The van der Waals surface area contributed by atoms with E-state index < -0.39 is 0 Å². The van der Waals surface area contributed by atoms with Gasteiger partial charge in [0.1, 0.15) is 11.5 Å². The number of rotatable bonds is 3. The molecule has 0 unspecified atom stereocenters. The van der Waals surface area contributed by atoms with Crippen LogP contribution in [-0.2, 0) is 0 Å². The van der Waals surface area contributed by atoms with Crippen molar-refractivity contribution in [3.05, 3.63) is 47.5 Å². The van der Waals surface area contributed by atoms with E-state index in [4.69, 9.17) is 9.47 Å². The van der Waals surface area contributed by atoms with E-state index in [0.29, 0.717) is 0 Å². The van der Waals surface area contributed by atoms with Gasteiger partial charge in [-0.2, -0.15) is 0 Å². The van der Waals surface area contributed by atoms with Crippen LogP contribution in [0.1, 0.15) is 11.1 Å². The highest BCUT2D eigenvalue weighted by atomic mass is 16.5. The molecule has 0 amide bonds. The number of aryl methyl sites for hydroxylation is 2. The first-order valence-corrected chi connectivity index (χ1v) is 5.95. The van der Waals surface area contributed by atoms with Gasteiger partial charge in [-0.1, -0.05) is 17.7 Å². The molecule has 0 saturated carbocycles. The highest BCUT2D eigenvalue weighted by Crippen LogP contribution is 2.34. The van der Waals surface area contributed by atoms with Crippen molar-refractivity contribution in [2.24, 2.45) is 0 Å². The van der Waals surface area contributed by atoms with Crippen molar-refractivity contribution >= 4 is 0 Å². The second-order valence-electron chi connectivity index (χ2n) is 4.38. The summed E-state index contributed by atoms with van der Waals surface area (Å²) in [5.74, 6) is 1.75. The van der Waals surface area contributed by atoms with E-state index in [2.05, 4.69) is 32.0 Å². The topological polar surface area (TPSA) is 18.5 Å². The highest BCUT2D eigenvalue weighted by molar-refractivity contribution is 5.75. The first-order chi connectivity index (χ1) is 8.65. The number of hydrogen-bond acceptors (Lipinski definition) is 2. The van der Waals surface area contributed by atoms with Gasteiger partial charge >= 0.3 is 0 Å². The molecule has 0 fully saturated rings. The molecular formula is C16H18O2. The molecule has 2 aromatic rings. The molecule has 0 atom stereocenters. The van der Waals surface area contributed by atoms with Gasteiger partial charge in [0.2, 0.25) is 0 Å². The van der Waals surface area contributed by atoms with Crippen LogP contribution < -0.4 is 9.47 Å². The minimum atomic E-state index is 0.860. The van der Waals surface area contributed by atoms with Gasteiger partial charge in [0.15, 0.2) is 0 Å². The highest BCUT2D eigenvalue weighted by Gasteiger charge is 2.09. The molecule has 2 aromatic carbocycles. The summed E-state index contributed by atoms with van der Waals surface area (Å²) in [5, 5.41) is 0. The van der Waals surface area contributed by atoms with E-state index in [9.17, 15) is 0 Å². The van der Waals surface area contributed by atoms with Gasteiger partial charge in [-0.05, 0) is 49.2 Å². The molecule has 0 heterocycles. The molecule has 2 nitrogen and oxygen atoms in total. The SMILES string of the molecule is COc1ccc(C)c(-c2cc(C)ccc2OC)c1. The molecule has 0 aliphatic carbocycles. The monoisotopic (exact) mass is 242 g/mol. The Bertz CT molecular complexity index is 559. The minimum absolute atomic E-state index is 0.860. The van der Waals surface area contributed by atoms with Crippen molar-refractivity contribution in [3.63, 3.8) is 0 Å².